The molecule has 2 nitrogen and oxygen atoms in total. The summed E-state index contributed by atoms with van der Waals surface area (Å²) in [5.41, 5.74) is 2.56. The van der Waals surface area contributed by atoms with Crippen LogP contribution >= 0.6 is 11.8 Å². The summed E-state index contributed by atoms with van der Waals surface area (Å²) in [4.78, 5) is 5.67. The molecule has 1 aliphatic heterocycles. The number of rotatable bonds is 1. The molecule has 0 radical (unpaired) electrons. The SMILES string of the molecule is CN=C1CCC(c2ccccc2)Sc2ccccc2N1. The molecule has 0 amide bonds. The fourth-order valence-electron chi connectivity index (χ4n) is 2.44. The number of para-hydroxylation sites is 1. The number of amidine groups is 1. The first-order valence-electron chi connectivity index (χ1n) is 6.90. The second-order valence-corrected chi connectivity index (χ2v) is 6.09. The van der Waals surface area contributed by atoms with E-state index in [1.54, 1.807) is 0 Å². The summed E-state index contributed by atoms with van der Waals surface area (Å²) in [6, 6.07) is 19.2. The Morgan fingerprint density at radius 2 is 1.80 bits per heavy atom. The number of fused-ring (bicyclic) bond motifs is 1. The molecule has 0 fully saturated rings. The van der Waals surface area contributed by atoms with Crippen molar-refractivity contribution in [2.45, 2.75) is 23.0 Å². The third kappa shape index (κ3) is 2.88. The Balaban J connectivity index is 1.96. The predicted molar refractivity (Wildman–Crippen MR) is 87.7 cm³/mol. The van der Waals surface area contributed by atoms with Gasteiger partial charge in [0.15, 0.2) is 0 Å². The third-order valence-corrected chi connectivity index (χ3v) is 4.92. The Morgan fingerprint density at radius 1 is 1.05 bits per heavy atom. The second kappa shape index (κ2) is 6.14. The van der Waals surface area contributed by atoms with Crippen LogP contribution in [0.25, 0.3) is 0 Å². The van der Waals surface area contributed by atoms with Gasteiger partial charge in [0.2, 0.25) is 0 Å². The van der Waals surface area contributed by atoms with Crippen molar-refractivity contribution in [3.63, 3.8) is 0 Å². The molecule has 102 valence electrons. The highest BCUT2D eigenvalue weighted by atomic mass is 32.2. The zero-order valence-corrected chi connectivity index (χ0v) is 12.4. The van der Waals surface area contributed by atoms with E-state index in [-0.39, 0.29) is 0 Å². The van der Waals surface area contributed by atoms with Gasteiger partial charge in [-0.15, -0.1) is 11.8 Å². The first-order chi connectivity index (χ1) is 9.86. The molecule has 0 saturated carbocycles. The molecule has 3 rings (SSSR count). The van der Waals surface area contributed by atoms with Crippen LogP contribution in [0.3, 0.4) is 0 Å². The average Bonchev–Trinajstić information content (AvgIpc) is 2.49. The molecule has 0 aromatic heterocycles. The Labute approximate surface area is 124 Å². The number of benzene rings is 2. The minimum absolute atomic E-state index is 0.483. The van der Waals surface area contributed by atoms with Gasteiger partial charge in [-0.05, 0) is 24.1 Å². The van der Waals surface area contributed by atoms with Gasteiger partial charge < -0.3 is 5.32 Å². The molecule has 1 N–H and O–H groups in total. The van der Waals surface area contributed by atoms with Crippen molar-refractivity contribution in [2.24, 2.45) is 4.99 Å². The van der Waals surface area contributed by atoms with E-state index in [1.807, 2.05) is 18.8 Å². The van der Waals surface area contributed by atoms with Crippen LogP contribution in [0.5, 0.6) is 0 Å². The Hall–Kier alpha value is -1.74. The van der Waals surface area contributed by atoms with Crippen LogP contribution in [0.2, 0.25) is 0 Å². The van der Waals surface area contributed by atoms with Crippen molar-refractivity contribution >= 4 is 23.3 Å². The Kier molecular flexibility index (Phi) is 4.07. The quantitative estimate of drug-likeness (QED) is 0.816. The van der Waals surface area contributed by atoms with Gasteiger partial charge in [0.1, 0.15) is 5.84 Å². The van der Waals surface area contributed by atoms with E-state index in [9.17, 15) is 0 Å². The van der Waals surface area contributed by atoms with Crippen LogP contribution in [0.4, 0.5) is 5.69 Å². The predicted octanol–water partition coefficient (Wildman–Crippen LogP) is 4.75. The lowest BCUT2D eigenvalue weighted by Gasteiger charge is -2.23. The second-order valence-electron chi connectivity index (χ2n) is 4.85. The van der Waals surface area contributed by atoms with Gasteiger partial charge >= 0.3 is 0 Å². The molecule has 2 aromatic carbocycles. The fraction of sp³-hybridized carbons (Fsp3) is 0.235. The monoisotopic (exact) mass is 282 g/mol. The van der Waals surface area contributed by atoms with Crippen molar-refractivity contribution in [1.29, 1.82) is 0 Å². The first-order valence-corrected chi connectivity index (χ1v) is 7.78. The van der Waals surface area contributed by atoms with E-state index in [0.717, 1.165) is 18.7 Å². The average molecular weight is 282 g/mol. The summed E-state index contributed by atoms with van der Waals surface area (Å²) in [7, 11) is 1.86. The van der Waals surface area contributed by atoms with E-state index in [0.29, 0.717) is 5.25 Å². The molecule has 2 aromatic rings. The van der Waals surface area contributed by atoms with Crippen LogP contribution in [0.1, 0.15) is 23.7 Å². The number of anilines is 1. The summed E-state index contributed by atoms with van der Waals surface area (Å²) in [6.07, 6.45) is 2.08. The maximum atomic E-state index is 4.37. The van der Waals surface area contributed by atoms with Gasteiger partial charge in [-0.25, -0.2) is 0 Å². The van der Waals surface area contributed by atoms with Crippen molar-refractivity contribution in [3.8, 4) is 0 Å². The van der Waals surface area contributed by atoms with E-state index in [1.165, 1.54) is 16.1 Å². The summed E-state index contributed by atoms with van der Waals surface area (Å²) in [6.45, 7) is 0. The van der Waals surface area contributed by atoms with Crippen molar-refractivity contribution in [1.82, 2.24) is 0 Å². The van der Waals surface area contributed by atoms with Gasteiger partial charge in [-0.1, -0.05) is 42.5 Å². The van der Waals surface area contributed by atoms with Crippen molar-refractivity contribution in [2.75, 3.05) is 12.4 Å². The van der Waals surface area contributed by atoms with Crippen molar-refractivity contribution < 1.29 is 0 Å². The summed E-state index contributed by atoms with van der Waals surface area (Å²) in [5, 5.41) is 3.93. The zero-order chi connectivity index (χ0) is 13.8. The van der Waals surface area contributed by atoms with Crippen LogP contribution in [0, 0.1) is 0 Å². The van der Waals surface area contributed by atoms with Crippen LogP contribution in [0.15, 0.2) is 64.5 Å². The number of hydrogen-bond acceptors (Lipinski definition) is 2. The molecular formula is C17H18N2S. The first kappa shape index (κ1) is 13.3. The van der Waals surface area contributed by atoms with E-state index < -0.39 is 0 Å². The normalized spacial score (nSPS) is 20.6. The maximum Gasteiger partial charge on any atom is 0.100 e. The Bertz CT molecular complexity index is 607. The molecule has 0 saturated heterocycles. The van der Waals surface area contributed by atoms with E-state index >= 15 is 0 Å². The highest BCUT2D eigenvalue weighted by molar-refractivity contribution is 7.99. The lowest BCUT2D eigenvalue weighted by Crippen LogP contribution is -2.15. The molecule has 3 heteroatoms. The Morgan fingerprint density at radius 3 is 2.60 bits per heavy atom. The van der Waals surface area contributed by atoms with Crippen molar-refractivity contribution in [3.05, 3.63) is 60.2 Å². The minimum Gasteiger partial charge on any atom is -0.343 e. The largest absolute Gasteiger partial charge is 0.343 e. The third-order valence-electron chi connectivity index (χ3n) is 3.52. The maximum absolute atomic E-state index is 4.37. The molecule has 1 atom stereocenters. The van der Waals surface area contributed by atoms with Gasteiger partial charge in [0.05, 0.1) is 5.69 Å². The van der Waals surface area contributed by atoms with Gasteiger partial charge in [-0.3, -0.25) is 4.99 Å². The van der Waals surface area contributed by atoms with Crippen LogP contribution in [-0.2, 0) is 0 Å². The van der Waals surface area contributed by atoms with Gasteiger partial charge in [0, 0.05) is 23.6 Å². The standard InChI is InChI=1S/C17H18N2S/c1-18-17-12-11-15(13-7-3-2-4-8-13)20-16-10-6-5-9-14(16)19-17/h2-10,15H,11-12H2,1H3,(H,18,19). The molecular weight excluding hydrogens is 264 g/mol. The molecule has 1 heterocycles. The molecule has 1 aliphatic rings. The van der Waals surface area contributed by atoms with Gasteiger partial charge in [0.25, 0.3) is 0 Å². The topological polar surface area (TPSA) is 24.4 Å². The fourth-order valence-corrected chi connectivity index (χ4v) is 3.68. The number of aliphatic imine (C=N–C) groups is 1. The lowest BCUT2D eigenvalue weighted by molar-refractivity contribution is 0.837. The minimum atomic E-state index is 0.483. The smallest absolute Gasteiger partial charge is 0.100 e. The molecule has 0 spiro atoms. The molecule has 1 unspecified atom stereocenters. The van der Waals surface area contributed by atoms with Crippen LogP contribution < -0.4 is 5.32 Å². The van der Waals surface area contributed by atoms with Crippen LogP contribution in [-0.4, -0.2) is 12.9 Å². The number of hydrogen-bond donors (Lipinski definition) is 1. The molecule has 20 heavy (non-hydrogen) atoms. The number of nitrogens with zero attached hydrogens (tertiary/aromatic N) is 1. The molecule has 0 aliphatic carbocycles. The van der Waals surface area contributed by atoms with E-state index in [4.69, 9.17) is 0 Å². The summed E-state index contributed by atoms with van der Waals surface area (Å²) in [5.74, 6) is 1.07. The highest BCUT2D eigenvalue weighted by Gasteiger charge is 2.19. The molecule has 0 bridgehead atoms. The lowest BCUT2D eigenvalue weighted by atomic mass is 10.1. The van der Waals surface area contributed by atoms with Gasteiger partial charge in [-0.2, -0.15) is 0 Å². The zero-order valence-electron chi connectivity index (χ0n) is 11.5. The highest BCUT2D eigenvalue weighted by Crippen LogP contribution is 2.43. The number of thioether (sulfide) groups is 1. The summed E-state index contributed by atoms with van der Waals surface area (Å²) < 4.78 is 0. The summed E-state index contributed by atoms with van der Waals surface area (Å²) >= 11 is 1.94. The number of nitrogens with one attached hydrogen (secondary N) is 1. The van der Waals surface area contributed by atoms with E-state index in [2.05, 4.69) is 64.9 Å².